The first kappa shape index (κ1) is 26.0. The second-order valence-electron chi connectivity index (χ2n) is 7.25. The van der Waals surface area contributed by atoms with Gasteiger partial charge in [0.05, 0.1) is 31.8 Å². The zero-order valence-corrected chi connectivity index (χ0v) is 21.1. The van der Waals surface area contributed by atoms with Gasteiger partial charge in [0.25, 0.3) is 11.8 Å². The zero-order chi connectivity index (χ0) is 25.4. The average Bonchev–Trinajstić information content (AvgIpc) is 3.14. The molecule has 35 heavy (non-hydrogen) atoms. The summed E-state index contributed by atoms with van der Waals surface area (Å²) in [4.78, 5) is 39.2. The molecule has 0 aliphatic carbocycles. The molecule has 184 valence electrons. The second-order valence-corrected chi connectivity index (χ2v) is 8.93. The van der Waals surface area contributed by atoms with Crippen molar-refractivity contribution >= 4 is 52.1 Å². The van der Waals surface area contributed by atoms with E-state index in [1.807, 2.05) is 6.07 Å². The summed E-state index contributed by atoms with van der Waals surface area (Å²) in [6.07, 6.45) is 2.20. The number of carbonyl (C=O) groups excluding carboxylic acids is 3. The number of carbonyl (C=O) groups is 3. The number of nitrogens with zero attached hydrogens (tertiary/aromatic N) is 1. The van der Waals surface area contributed by atoms with Gasteiger partial charge in [-0.3, -0.25) is 30.1 Å². The topological polar surface area (TPSA) is 106 Å². The summed E-state index contributed by atoms with van der Waals surface area (Å²) in [5.74, 6) is 0.442. The smallest absolute Gasteiger partial charge is 0.273 e. The van der Waals surface area contributed by atoms with E-state index in [4.69, 9.17) is 26.4 Å². The van der Waals surface area contributed by atoms with Gasteiger partial charge in [0.1, 0.15) is 10.1 Å². The van der Waals surface area contributed by atoms with Crippen LogP contribution in [0.1, 0.15) is 28.8 Å². The number of hydrogen-bond donors (Lipinski definition) is 2. The van der Waals surface area contributed by atoms with Crippen LogP contribution in [0.4, 0.5) is 0 Å². The molecule has 11 heteroatoms. The van der Waals surface area contributed by atoms with Gasteiger partial charge in [-0.25, -0.2) is 0 Å². The minimum atomic E-state index is -0.493. The second kappa shape index (κ2) is 12.2. The van der Waals surface area contributed by atoms with Crippen LogP contribution in [0.3, 0.4) is 0 Å². The van der Waals surface area contributed by atoms with E-state index in [2.05, 4.69) is 10.9 Å². The number of para-hydroxylation sites is 1. The molecule has 1 aliphatic heterocycles. The molecular weight excluding hydrogens is 490 g/mol. The Morgan fingerprint density at radius 1 is 1.00 bits per heavy atom. The van der Waals surface area contributed by atoms with E-state index >= 15 is 0 Å². The molecule has 0 unspecified atom stereocenters. The first-order valence-corrected chi connectivity index (χ1v) is 11.8. The van der Waals surface area contributed by atoms with Gasteiger partial charge in [-0.15, -0.1) is 0 Å². The van der Waals surface area contributed by atoms with Crippen molar-refractivity contribution in [3.8, 4) is 17.2 Å². The van der Waals surface area contributed by atoms with Crippen molar-refractivity contribution in [1.29, 1.82) is 0 Å². The molecule has 0 aromatic heterocycles. The van der Waals surface area contributed by atoms with Crippen LogP contribution in [0, 0.1) is 0 Å². The summed E-state index contributed by atoms with van der Waals surface area (Å²) in [6, 6.07) is 12.0. The number of hydrazine groups is 1. The minimum absolute atomic E-state index is 0.0952. The maximum absolute atomic E-state index is 12.8. The zero-order valence-electron chi connectivity index (χ0n) is 19.5. The van der Waals surface area contributed by atoms with E-state index in [-0.39, 0.29) is 24.8 Å². The summed E-state index contributed by atoms with van der Waals surface area (Å²) in [5, 5.41) is 0. The van der Waals surface area contributed by atoms with Crippen molar-refractivity contribution in [3.63, 3.8) is 0 Å². The van der Waals surface area contributed by atoms with E-state index in [0.29, 0.717) is 38.5 Å². The number of benzene rings is 2. The third-order valence-electron chi connectivity index (χ3n) is 5.03. The molecule has 2 aromatic rings. The predicted octanol–water partition coefficient (Wildman–Crippen LogP) is 3.16. The highest BCUT2D eigenvalue weighted by molar-refractivity contribution is 8.26. The van der Waals surface area contributed by atoms with Crippen molar-refractivity contribution in [2.45, 2.75) is 12.8 Å². The number of methoxy groups -OCH3 is 3. The molecule has 3 amide bonds. The lowest BCUT2D eigenvalue weighted by molar-refractivity contribution is -0.124. The summed E-state index contributed by atoms with van der Waals surface area (Å²) in [7, 11) is 4.56. The molecule has 1 heterocycles. The number of thioether (sulfide) groups is 1. The summed E-state index contributed by atoms with van der Waals surface area (Å²) in [6.45, 7) is 0.280. The van der Waals surface area contributed by atoms with Crippen molar-refractivity contribution in [2.75, 3.05) is 27.9 Å². The first-order valence-electron chi connectivity index (χ1n) is 10.6. The van der Waals surface area contributed by atoms with Crippen LogP contribution >= 0.6 is 24.0 Å². The van der Waals surface area contributed by atoms with Crippen molar-refractivity contribution < 1.29 is 28.6 Å². The number of nitrogens with one attached hydrogen (secondary N) is 2. The highest BCUT2D eigenvalue weighted by Crippen LogP contribution is 2.34. The lowest BCUT2D eigenvalue weighted by atomic mass is 10.2. The van der Waals surface area contributed by atoms with Crippen molar-refractivity contribution in [1.82, 2.24) is 15.8 Å². The van der Waals surface area contributed by atoms with Gasteiger partial charge in [0.15, 0.2) is 11.5 Å². The van der Waals surface area contributed by atoms with Crippen LogP contribution in [0.5, 0.6) is 17.2 Å². The third-order valence-corrected chi connectivity index (χ3v) is 6.41. The van der Waals surface area contributed by atoms with Crippen molar-refractivity contribution in [3.05, 3.63) is 58.5 Å². The Morgan fingerprint density at radius 3 is 2.43 bits per heavy atom. The largest absolute Gasteiger partial charge is 0.496 e. The van der Waals surface area contributed by atoms with Crippen molar-refractivity contribution in [2.24, 2.45) is 0 Å². The fourth-order valence-corrected chi connectivity index (χ4v) is 4.58. The Balaban J connectivity index is 1.51. The van der Waals surface area contributed by atoms with Crippen LogP contribution in [-0.2, 0) is 9.59 Å². The van der Waals surface area contributed by atoms with Crippen LogP contribution in [0.2, 0.25) is 0 Å². The monoisotopic (exact) mass is 515 g/mol. The van der Waals surface area contributed by atoms with E-state index in [0.717, 1.165) is 5.56 Å². The number of amides is 3. The van der Waals surface area contributed by atoms with E-state index in [1.54, 1.807) is 56.7 Å². The quantitative estimate of drug-likeness (QED) is 0.298. The van der Waals surface area contributed by atoms with Crippen LogP contribution in [-0.4, -0.2) is 54.8 Å². The van der Waals surface area contributed by atoms with Crippen LogP contribution < -0.4 is 25.1 Å². The molecule has 9 nitrogen and oxygen atoms in total. The van der Waals surface area contributed by atoms with Gasteiger partial charge in [-0.2, -0.15) is 0 Å². The van der Waals surface area contributed by atoms with Gasteiger partial charge < -0.3 is 14.2 Å². The Bertz CT molecular complexity index is 1170. The fraction of sp³-hybridized carbons (Fsp3) is 0.250. The van der Waals surface area contributed by atoms with Gasteiger partial charge in [-0.05, 0) is 42.3 Å². The molecule has 0 bridgehead atoms. The maximum atomic E-state index is 12.8. The summed E-state index contributed by atoms with van der Waals surface area (Å²) < 4.78 is 16.1. The maximum Gasteiger partial charge on any atom is 0.273 e. The Hall–Kier alpha value is -3.57. The predicted molar refractivity (Wildman–Crippen MR) is 137 cm³/mol. The Labute approximate surface area is 212 Å². The lowest BCUT2D eigenvalue weighted by Crippen LogP contribution is -2.42. The van der Waals surface area contributed by atoms with Gasteiger partial charge in [-0.1, -0.05) is 42.2 Å². The lowest BCUT2D eigenvalue weighted by Gasteiger charge is -2.14. The molecule has 2 aromatic carbocycles. The van der Waals surface area contributed by atoms with E-state index < -0.39 is 5.91 Å². The molecule has 1 aliphatic rings. The minimum Gasteiger partial charge on any atom is -0.496 e. The highest BCUT2D eigenvalue weighted by Gasteiger charge is 2.31. The molecule has 1 fully saturated rings. The standard InChI is InChI=1S/C24H25N3O6S2/c1-31-17-8-5-4-7-16(17)22(29)26-25-21(28)9-6-12-27-23(30)20(35-24(27)34)14-15-10-11-18(32-2)19(13-15)33-3/h4-5,7-8,10-11,13-14H,6,9,12H2,1-3H3,(H,25,28)(H,26,29). The average molecular weight is 516 g/mol. The number of rotatable bonds is 9. The number of hydrogen-bond acceptors (Lipinski definition) is 8. The highest BCUT2D eigenvalue weighted by atomic mass is 32.2. The van der Waals surface area contributed by atoms with Crippen LogP contribution in [0.25, 0.3) is 6.08 Å². The Kier molecular flexibility index (Phi) is 9.10. The molecule has 0 atom stereocenters. The van der Waals surface area contributed by atoms with E-state index in [9.17, 15) is 14.4 Å². The third kappa shape index (κ3) is 6.52. The summed E-state index contributed by atoms with van der Waals surface area (Å²) in [5.41, 5.74) is 5.81. The summed E-state index contributed by atoms with van der Waals surface area (Å²) >= 11 is 6.56. The van der Waals surface area contributed by atoms with Gasteiger partial charge >= 0.3 is 0 Å². The first-order chi connectivity index (χ1) is 16.9. The normalized spacial score (nSPS) is 14.1. The molecular formula is C24H25N3O6S2. The molecule has 3 rings (SSSR count). The van der Waals surface area contributed by atoms with Gasteiger partial charge in [0.2, 0.25) is 5.91 Å². The fourth-order valence-electron chi connectivity index (χ4n) is 3.27. The van der Waals surface area contributed by atoms with Gasteiger partial charge in [0, 0.05) is 13.0 Å². The number of ether oxygens (including phenoxy) is 3. The SMILES string of the molecule is COc1ccc(C=C2SC(=S)N(CCCC(=O)NNC(=O)c3ccccc3OC)C2=O)cc1OC. The van der Waals surface area contributed by atoms with Crippen LogP contribution in [0.15, 0.2) is 47.4 Å². The molecule has 1 saturated heterocycles. The number of thiocarbonyl (C=S) groups is 1. The molecule has 2 N–H and O–H groups in total. The molecule has 0 spiro atoms. The Morgan fingerprint density at radius 2 is 1.71 bits per heavy atom. The van der Waals surface area contributed by atoms with E-state index in [1.165, 1.54) is 23.8 Å². The molecule has 0 saturated carbocycles. The molecule has 0 radical (unpaired) electrons.